The van der Waals surface area contributed by atoms with Gasteiger partial charge in [0, 0.05) is 23.9 Å². The maximum Gasteiger partial charge on any atom is 0.230 e. The molecule has 0 bridgehead atoms. The van der Waals surface area contributed by atoms with Crippen molar-refractivity contribution in [2.24, 2.45) is 0 Å². The number of hydrogen-bond donors (Lipinski definition) is 1. The van der Waals surface area contributed by atoms with E-state index in [1.165, 1.54) is 22.9 Å². The molecule has 162 valence electrons. The second-order valence-corrected chi connectivity index (χ2v) is 9.16. The van der Waals surface area contributed by atoms with Crippen molar-refractivity contribution < 1.29 is 4.79 Å². The molecule has 0 radical (unpaired) electrons. The van der Waals surface area contributed by atoms with Crippen LogP contribution in [-0.4, -0.2) is 33.0 Å². The molecule has 2 aromatic carbocycles. The smallest absolute Gasteiger partial charge is 0.230 e. The Morgan fingerprint density at radius 3 is 2.58 bits per heavy atom. The molecule has 0 saturated carbocycles. The van der Waals surface area contributed by atoms with E-state index in [0.717, 1.165) is 33.9 Å². The van der Waals surface area contributed by atoms with Crippen LogP contribution in [0.1, 0.15) is 17.0 Å². The molecule has 0 aliphatic heterocycles. The highest BCUT2D eigenvalue weighted by Crippen LogP contribution is 2.22. The standard InChI is InChI=1S/C23H25ClN4OS2/c1-2-14-28-21(16-30-15-19-8-10-20(24)11-9-19)26-27-23(28)31-17-22(29)25-13-12-18-6-4-3-5-7-18/h2-11H,1,12-17H2,(H,25,29). The van der Waals surface area contributed by atoms with Crippen molar-refractivity contribution in [2.45, 2.75) is 29.6 Å². The molecule has 0 spiro atoms. The number of carbonyl (C=O) groups excluding carboxylic acids is 1. The summed E-state index contributed by atoms with van der Waals surface area (Å²) in [6.45, 7) is 5.07. The Kier molecular flexibility index (Phi) is 9.52. The zero-order valence-corrected chi connectivity index (χ0v) is 19.6. The summed E-state index contributed by atoms with van der Waals surface area (Å²) in [7, 11) is 0. The minimum atomic E-state index is -0.00672. The Morgan fingerprint density at radius 2 is 1.84 bits per heavy atom. The first-order valence-corrected chi connectivity index (χ1v) is 12.5. The van der Waals surface area contributed by atoms with Crippen molar-refractivity contribution in [1.82, 2.24) is 20.1 Å². The van der Waals surface area contributed by atoms with Crippen LogP contribution in [-0.2, 0) is 29.3 Å². The molecule has 0 atom stereocenters. The molecule has 8 heteroatoms. The van der Waals surface area contributed by atoms with Gasteiger partial charge in [-0.15, -0.1) is 28.5 Å². The Bertz CT molecular complexity index is 977. The normalized spacial score (nSPS) is 10.7. The summed E-state index contributed by atoms with van der Waals surface area (Å²) in [5.41, 5.74) is 2.42. The highest BCUT2D eigenvalue weighted by Gasteiger charge is 2.13. The Balaban J connectivity index is 1.46. The van der Waals surface area contributed by atoms with Gasteiger partial charge < -0.3 is 9.88 Å². The van der Waals surface area contributed by atoms with Gasteiger partial charge in [-0.1, -0.05) is 71.9 Å². The molecule has 0 aliphatic rings. The van der Waals surface area contributed by atoms with Crippen molar-refractivity contribution in [1.29, 1.82) is 0 Å². The summed E-state index contributed by atoms with van der Waals surface area (Å²) in [6, 6.07) is 18.0. The summed E-state index contributed by atoms with van der Waals surface area (Å²) < 4.78 is 2.02. The van der Waals surface area contributed by atoms with Crippen LogP contribution < -0.4 is 5.32 Å². The maximum atomic E-state index is 12.2. The lowest BCUT2D eigenvalue weighted by Crippen LogP contribution is -2.27. The first-order chi connectivity index (χ1) is 15.2. The number of amides is 1. The van der Waals surface area contributed by atoms with Crippen molar-refractivity contribution >= 4 is 41.0 Å². The van der Waals surface area contributed by atoms with Gasteiger partial charge in [0.1, 0.15) is 5.82 Å². The van der Waals surface area contributed by atoms with E-state index in [1.807, 2.05) is 53.1 Å². The zero-order valence-electron chi connectivity index (χ0n) is 17.2. The number of nitrogens with zero attached hydrogens (tertiary/aromatic N) is 3. The number of allylic oxidation sites excluding steroid dienone is 1. The van der Waals surface area contributed by atoms with Gasteiger partial charge in [0.05, 0.1) is 11.5 Å². The molecule has 1 amide bonds. The number of benzene rings is 2. The van der Waals surface area contributed by atoms with Crippen molar-refractivity contribution in [3.05, 3.63) is 89.2 Å². The quantitative estimate of drug-likeness (QED) is 0.297. The van der Waals surface area contributed by atoms with E-state index in [0.29, 0.717) is 18.8 Å². The molecule has 0 fully saturated rings. The molecular weight excluding hydrogens is 448 g/mol. The fourth-order valence-corrected chi connectivity index (χ4v) is 4.71. The van der Waals surface area contributed by atoms with Gasteiger partial charge in [0.25, 0.3) is 0 Å². The molecule has 31 heavy (non-hydrogen) atoms. The molecule has 3 rings (SSSR count). The van der Waals surface area contributed by atoms with E-state index in [-0.39, 0.29) is 5.91 Å². The molecule has 1 heterocycles. The lowest BCUT2D eigenvalue weighted by Gasteiger charge is -2.08. The fraction of sp³-hybridized carbons (Fsp3) is 0.261. The predicted molar refractivity (Wildman–Crippen MR) is 131 cm³/mol. The summed E-state index contributed by atoms with van der Waals surface area (Å²) >= 11 is 9.10. The Hall–Kier alpha value is -2.22. The van der Waals surface area contributed by atoms with Gasteiger partial charge in [-0.05, 0) is 29.7 Å². The van der Waals surface area contributed by atoms with Crippen molar-refractivity contribution in [2.75, 3.05) is 12.3 Å². The van der Waals surface area contributed by atoms with E-state index < -0.39 is 0 Å². The highest BCUT2D eigenvalue weighted by molar-refractivity contribution is 7.99. The molecule has 1 N–H and O–H groups in total. The average Bonchev–Trinajstić information content (AvgIpc) is 3.16. The molecule has 0 unspecified atom stereocenters. The third kappa shape index (κ3) is 7.76. The Morgan fingerprint density at radius 1 is 1.06 bits per heavy atom. The maximum absolute atomic E-state index is 12.2. The zero-order chi connectivity index (χ0) is 21.9. The molecule has 3 aromatic rings. The summed E-state index contributed by atoms with van der Waals surface area (Å²) in [5, 5.41) is 13.1. The van der Waals surface area contributed by atoms with Crippen LogP contribution in [0, 0.1) is 0 Å². The van der Waals surface area contributed by atoms with Crippen LogP contribution >= 0.6 is 35.1 Å². The fourth-order valence-electron chi connectivity index (χ4n) is 2.86. The number of aromatic nitrogens is 3. The third-order valence-electron chi connectivity index (χ3n) is 4.43. The second kappa shape index (κ2) is 12.6. The van der Waals surface area contributed by atoms with E-state index in [4.69, 9.17) is 11.6 Å². The SMILES string of the molecule is C=CCn1c(CSCc2ccc(Cl)cc2)nnc1SCC(=O)NCCc1ccccc1. The van der Waals surface area contributed by atoms with Gasteiger partial charge in [-0.3, -0.25) is 4.79 Å². The topological polar surface area (TPSA) is 59.8 Å². The number of nitrogens with one attached hydrogen (secondary N) is 1. The number of carbonyl (C=O) groups is 1. The monoisotopic (exact) mass is 472 g/mol. The molecule has 0 saturated heterocycles. The van der Waals surface area contributed by atoms with E-state index >= 15 is 0 Å². The minimum absolute atomic E-state index is 0.00672. The lowest BCUT2D eigenvalue weighted by atomic mass is 10.1. The van der Waals surface area contributed by atoms with Crippen molar-refractivity contribution in [3.63, 3.8) is 0 Å². The number of thioether (sulfide) groups is 2. The number of hydrogen-bond acceptors (Lipinski definition) is 5. The Labute approximate surface area is 196 Å². The van der Waals surface area contributed by atoms with E-state index in [9.17, 15) is 4.79 Å². The predicted octanol–water partition coefficient (Wildman–Crippen LogP) is 5.00. The highest BCUT2D eigenvalue weighted by atomic mass is 35.5. The van der Waals surface area contributed by atoms with Gasteiger partial charge in [0.15, 0.2) is 5.16 Å². The molecule has 0 aliphatic carbocycles. The number of halogens is 1. The first kappa shape index (κ1) is 23.4. The van der Waals surface area contributed by atoms with Gasteiger partial charge in [0.2, 0.25) is 5.91 Å². The van der Waals surface area contributed by atoms with E-state index in [1.54, 1.807) is 11.8 Å². The lowest BCUT2D eigenvalue weighted by molar-refractivity contribution is -0.118. The minimum Gasteiger partial charge on any atom is -0.355 e. The van der Waals surface area contributed by atoms with Crippen LogP contribution in [0.15, 0.2) is 72.4 Å². The first-order valence-electron chi connectivity index (χ1n) is 9.94. The van der Waals surface area contributed by atoms with Crippen LogP contribution in [0.2, 0.25) is 5.02 Å². The molecule has 5 nitrogen and oxygen atoms in total. The van der Waals surface area contributed by atoms with Gasteiger partial charge in [-0.25, -0.2) is 0 Å². The summed E-state index contributed by atoms with van der Waals surface area (Å²) in [4.78, 5) is 12.2. The van der Waals surface area contributed by atoms with Gasteiger partial charge in [-0.2, -0.15) is 0 Å². The summed E-state index contributed by atoms with van der Waals surface area (Å²) in [5.74, 6) is 2.78. The number of rotatable bonds is 12. The van der Waals surface area contributed by atoms with E-state index in [2.05, 4.69) is 34.2 Å². The summed E-state index contributed by atoms with van der Waals surface area (Å²) in [6.07, 6.45) is 2.64. The van der Waals surface area contributed by atoms with Crippen LogP contribution in [0.25, 0.3) is 0 Å². The molecular formula is C23H25ClN4OS2. The second-order valence-electron chi connectivity index (χ2n) is 6.79. The molecule has 1 aromatic heterocycles. The van der Waals surface area contributed by atoms with Crippen LogP contribution in [0.5, 0.6) is 0 Å². The van der Waals surface area contributed by atoms with Gasteiger partial charge >= 0.3 is 0 Å². The largest absolute Gasteiger partial charge is 0.355 e. The average molecular weight is 473 g/mol. The van der Waals surface area contributed by atoms with Crippen LogP contribution in [0.4, 0.5) is 0 Å². The third-order valence-corrected chi connectivity index (χ3v) is 6.65. The van der Waals surface area contributed by atoms with Crippen LogP contribution in [0.3, 0.4) is 0 Å². The van der Waals surface area contributed by atoms with Crippen molar-refractivity contribution in [3.8, 4) is 0 Å².